The topological polar surface area (TPSA) is 52.9 Å². The standard InChI is InChI=1S/C16H16N2O/c1-2-13(10-17)16(19)18-11-12-7-8-14-5-3-4-6-15(14)9-12/h3-9,13H,2,11H2,1H3,(H,18,19). The first-order valence-corrected chi connectivity index (χ1v) is 6.39. The fourth-order valence-corrected chi connectivity index (χ4v) is 2.00. The maximum absolute atomic E-state index is 11.7. The van der Waals surface area contributed by atoms with E-state index in [9.17, 15) is 4.79 Å². The van der Waals surface area contributed by atoms with E-state index in [1.165, 1.54) is 5.39 Å². The van der Waals surface area contributed by atoms with E-state index in [1.807, 2.05) is 43.3 Å². The van der Waals surface area contributed by atoms with Crippen LogP contribution in [-0.2, 0) is 11.3 Å². The summed E-state index contributed by atoms with van der Waals surface area (Å²) in [7, 11) is 0. The Balaban J connectivity index is 2.06. The summed E-state index contributed by atoms with van der Waals surface area (Å²) in [6, 6.07) is 16.2. The fourth-order valence-electron chi connectivity index (χ4n) is 2.00. The highest BCUT2D eigenvalue weighted by Gasteiger charge is 2.14. The number of carbonyl (C=O) groups is 1. The van der Waals surface area contributed by atoms with Crippen molar-refractivity contribution in [2.75, 3.05) is 0 Å². The lowest BCUT2D eigenvalue weighted by molar-refractivity contribution is -0.123. The highest BCUT2D eigenvalue weighted by atomic mass is 16.1. The van der Waals surface area contributed by atoms with Crippen LogP contribution in [0.3, 0.4) is 0 Å². The largest absolute Gasteiger partial charge is 0.351 e. The van der Waals surface area contributed by atoms with Crippen molar-refractivity contribution in [1.82, 2.24) is 5.32 Å². The summed E-state index contributed by atoms with van der Waals surface area (Å²) >= 11 is 0. The molecule has 1 unspecified atom stereocenters. The van der Waals surface area contributed by atoms with Gasteiger partial charge in [-0.05, 0) is 28.8 Å². The Morgan fingerprint density at radius 3 is 2.68 bits per heavy atom. The summed E-state index contributed by atoms with van der Waals surface area (Å²) in [5, 5.41) is 14.0. The van der Waals surface area contributed by atoms with Crippen molar-refractivity contribution in [2.45, 2.75) is 19.9 Å². The number of nitrogens with one attached hydrogen (secondary N) is 1. The van der Waals surface area contributed by atoms with Gasteiger partial charge in [0.15, 0.2) is 0 Å². The second-order valence-corrected chi connectivity index (χ2v) is 4.49. The maximum atomic E-state index is 11.7. The van der Waals surface area contributed by atoms with Crippen molar-refractivity contribution >= 4 is 16.7 Å². The van der Waals surface area contributed by atoms with E-state index in [1.54, 1.807) is 0 Å². The van der Waals surface area contributed by atoms with Gasteiger partial charge in [0.1, 0.15) is 5.92 Å². The number of carbonyl (C=O) groups excluding carboxylic acids is 1. The molecule has 0 aliphatic heterocycles. The van der Waals surface area contributed by atoms with Gasteiger partial charge in [-0.1, -0.05) is 43.3 Å². The molecule has 96 valence electrons. The van der Waals surface area contributed by atoms with Gasteiger partial charge < -0.3 is 5.32 Å². The summed E-state index contributed by atoms with van der Waals surface area (Å²) < 4.78 is 0. The molecule has 2 aromatic carbocycles. The monoisotopic (exact) mass is 252 g/mol. The zero-order valence-corrected chi connectivity index (χ0v) is 10.9. The smallest absolute Gasteiger partial charge is 0.237 e. The highest BCUT2D eigenvalue weighted by Crippen LogP contribution is 2.15. The van der Waals surface area contributed by atoms with Gasteiger partial charge in [0, 0.05) is 6.54 Å². The molecule has 0 radical (unpaired) electrons. The van der Waals surface area contributed by atoms with Crippen molar-refractivity contribution in [3.8, 4) is 6.07 Å². The van der Waals surface area contributed by atoms with Crippen LogP contribution in [0.4, 0.5) is 0 Å². The third-order valence-electron chi connectivity index (χ3n) is 3.16. The molecule has 0 spiro atoms. The Labute approximate surface area is 112 Å². The molecule has 0 bridgehead atoms. The number of benzene rings is 2. The number of hydrogen-bond acceptors (Lipinski definition) is 2. The first-order chi connectivity index (χ1) is 9.24. The van der Waals surface area contributed by atoms with Gasteiger partial charge in [-0.3, -0.25) is 4.79 Å². The molecule has 0 saturated heterocycles. The molecule has 1 N–H and O–H groups in total. The molecule has 0 saturated carbocycles. The molecule has 0 fully saturated rings. The minimum Gasteiger partial charge on any atom is -0.351 e. The first-order valence-electron chi connectivity index (χ1n) is 6.39. The Morgan fingerprint density at radius 1 is 1.26 bits per heavy atom. The van der Waals surface area contributed by atoms with Crippen LogP contribution in [0.15, 0.2) is 42.5 Å². The Hall–Kier alpha value is -2.34. The predicted octanol–water partition coefficient (Wildman–Crippen LogP) is 3.01. The predicted molar refractivity (Wildman–Crippen MR) is 75.2 cm³/mol. The van der Waals surface area contributed by atoms with Crippen molar-refractivity contribution in [1.29, 1.82) is 5.26 Å². The third kappa shape index (κ3) is 3.11. The maximum Gasteiger partial charge on any atom is 0.237 e. The molecule has 19 heavy (non-hydrogen) atoms. The van der Waals surface area contributed by atoms with Crippen LogP contribution in [0, 0.1) is 17.2 Å². The normalized spacial score (nSPS) is 11.8. The van der Waals surface area contributed by atoms with Gasteiger partial charge in [-0.25, -0.2) is 0 Å². The minimum atomic E-state index is -0.555. The summed E-state index contributed by atoms with van der Waals surface area (Å²) in [5.74, 6) is -0.751. The molecule has 1 atom stereocenters. The summed E-state index contributed by atoms with van der Waals surface area (Å²) in [5.41, 5.74) is 1.04. The average Bonchev–Trinajstić information content (AvgIpc) is 2.46. The summed E-state index contributed by atoms with van der Waals surface area (Å²) in [6.45, 7) is 2.30. The molecular formula is C16H16N2O. The van der Waals surface area contributed by atoms with Crippen molar-refractivity contribution < 1.29 is 4.79 Å². The van der Waals surface area contributed by atoms with E-state index < -0.39 is 5.92 Å². The minimum absolute atomic E-state index is 0.196. The molecule has 0 aliphatic rings. The zero-order valence-electron chi connectivity index (χ0n) is 10.9. The molecule has 2 aromatic rings. The first kappa shape index (κ1) is 13.1. The van der Waals surface area contributed by atoms with Crippen LogP contribution in [0.5, 0.6) is 0 Å². The van der Waals surface area contributed by atoms with Gasteiger partial charge in [0.05, 0.1) is 6.07 Å². The van der Waals surface area contributed by atoms with Gasteiger partial charge >= 0.3 is 0 Å². The van der Waals surface area contributed by atoms with E-state index >= 15 is 0 Å². The quantitative estimate of drug-likeness (QED) is 0.909. The molecule has 0 aromatic heterocycles. The lowest BCUT2D eigenvalue weighted by Gasteiger charge is -2.09. The number of hydrogen-bond donors (Lipinski definition) is 1. The molecule has 3 nitrogen and oxygen atoms in total. The number of amides is 1. The van der Waals surface area contributed by atoms with E-state index in [2.05, 4.69) is 17.4 Å². The van der Waals surface area contributed by atoms with Crippen molar-refractivity contribution in [3.05, 3.63) is 48.0 Å². The fraction of sp³-hybridized carbons (Fsp3) is 0.250. The molecule has 1 amide bonds. The highest BCUT2D eigenvalue weighted by molar-refractivity contribution is 5.83. The van der Waals surface area contributed by atoms with Crippen LogP contribution in [0.2, 0.25) is 0 Å². The Bertz CT molecular complexity index is 628. The van der Waals surface area contributed by atoms with Crippen LogP contribution >= 0.6 is 0 Å². The second kappa shape index (κ2) is 6.01. The van der Waals surface area contributed by atoms with Gasteiger partial charge in [-0.15, -0.1) is 0 Å². The van der Waals surface area contributed by atoms with Crippen LogP contribution in [-0.4, -0.2) is 5.91 Å². The third-order valence-corrected chi connectivity index (χ3v) is 3.16. The molecular weight excluding hydrogens is 236 g/mol. The second-order valence-electron chi connectivity index (χ2n) is 4.49. The molecule has 0 aliphatic carbocycles. The van der Waals surface area contributed by atoms with Crippen LogP contribution in [0.25, 0.3) is 10.8 Å². The van der Waals surface area contributed by atoms with Gasteiger partial charge in [0.25, 0.3) is 0 Å². The SMILES string of the molecule is CCC(C#N)C(=O)NCc1ccc2ccccc2c1. The van der Waals surface area contributed by atoms with E-state index in [0.29, 0.717) is 13.0 Å². The van der Waals surface area contributed by atoms with Crippen LogP contribution in [0.1, 0.15) is 18.9 Å². The molecule has 2 rings (SSSR count). The lowest BCUT2D eigenvalue weighted by atomic mass is 10.1. The van der Waals surface area contributed by atoms with E-state index in [-0.39, 0.29) is 5.91 Å². The van der Waals surface area contributed by atoms with E-state index in [0.717, 1.165) is 10.9 Å². The summed E-state index contributed by atoms with van der Waals surface area (Å²) in [6.07, 6.45) is 0.542. The zero-order chi connectivity index (χ0) is 13.7. The number of nitrogens with zero attached hydrogens (tertiary/aromatic N) is 1. The Morgan fingerprint density at radius 2 is 2.00 bits per heavy atom. The van der Waals surface area contributed by atoms with Gasteiger partial charge in [-0.2, -0.15) is 5.26 Å². The Kier molecular flexibility index (Phi) is 4.15. The van der Waals surface area contributed by atoms with Crippen molar-refractivity contribution in [3.63, 3.8) is 0 Å². The number of fused-ring (bicyclic) bond motifs is 1. The molecule has 0 heterocycles. The summed E-state index contributed by atoms with van der Waals surface area (Å²) in [4.78, 5) is 11.7. The van der Waals surface area contributed by atoms with Gasteiger partial charge in [0.2, 0.25) is 5.91 Å². The van der Waals surface area contributed by atoms with E-state index in [4.69, 9.17) is 5.26 Å². The van der Waals surface area contributed by atoms with Crippen molar-refractivity contribution in [2.24, 2.45) is 5.92 Å². The number of rotatable bonds is 4. The molecule has 3 heteroatoms. The number of nitriles is 1. The average molecular weight is 252 g/mol. The lowest BCUT2D eigenvalue weighted by Crippen LogP contribution is -2.29. The van der Waals surface area contributed by atoms with Crippen LogP contribution < -0.4 is 5.32 Å².